The molecule has 0 aliphatic carbocycles. The van der Waals surface area contributed by atoms with E-state index in [0.29, 0.717) is 11.4 Å². The second kappa shape index (κ2) is 8.05. The topological polar surface area (TPSA) is 110 Å². The number of rotatable bonds is 6. The Balaban J connectivity index is 1.70. The van der Waals surface area contributed by atoms with Gasteiger partial charge in [-0.2, -0.15) is 0 Å². The van der Waals surface area contributed by atoms with E-state index in [1.54, 1.807) is 36.4 Å². The minimum atomic E-state index is -3.81. The summed E-state index contributed by atoms with van der Waals surface area (Å²) in [4.78, 5) is 20.2. The first-order valence-corrected chi connectivity index (χ1v) is 9.72. The molecule has 9 heteroatoms. The van der Waals surface area contributed by atoms with Crippen LogP contribution in [0.25, 0.3) is 0 Å². The Morgan fingerprint density at radius 3 is 2.36 bits per heavy atom. The van der Waals surface area contributed by atoms with Gasteiger partial charge in [-0.3, -0.25) is 4.79 Å². The third kappa shape index (κ3) is 4.63. The van der Waals surface area contributed by atoms with Crippen LogP contribution >= 0.6 is 0 Å². The van der Waals surface area contributed by atoms with Crippen molar-refractivity contribution in [1.82, 2.24) is 9.97 Å². The molecule has 0 radical (unpaired) electrons. The first kappa shape index (κ1) is 19.3. The van der Waals surface area contributed by atoms with Gasteiger partial charge in [-0.05, 0) is 31.2 Å². The van der Waals surface area contributed by atoms with Gasteiger partial charge in [-0.25, -0.2) is 23.1 Å². The van der Waals surface area contributed by atoms with E-state index in [-0.39, 0.29) is 16.4 Å². The van der Waals surface area contributed by atoms with E-state index in [9.17, 15) is 13.2 Å². The summed E-state index contributed by atoms with van der Waals surface area (Å²) in [5.74, 6) is 0.0506. The zero-order valence-electron chi connectivity index (χ0n) is 15.2. The van der Waals surface area contributed by atoms with E-state index >= 15 is 0 Å². The lowest BCUT2D eigenvalue weighted by Gasteiger charge is -2.08. The Kier molecular flexibility index (Phi) is 5.55. The third-order valence-corrected chi connectivity index (χ3v) is 5.14. The van der Waals surface area contributed by atoms with Crippen molar-refractivity contribution in [3.05, 3.63) is 72.1 Å². The lowest BCUT2D eigenvalue weighted by Crippen LogP contribution is -2.17. The first-order valence-electron chi connectivity index (χ1n) is 8.24. The number of amides is 1. The molecule has 0 unspecified atom stereocenters. The monoisotopic (exact) mass is 398 g/mol. The average molecular weight is 398 g/mol. The number of nitrogens with zero attached hydrogens (tertiary/aromatic N) is 2. The predicted molar refractivity (Wildman–Crippen MR) is 105 cm³/mol. The minimum absolute atomic E-state index is 0.0987. The van der Waals surface area contributed by atoms with E-state index < -0.39 is 15.9 Å². The first-order chi connectivity index (χ1) is 13.4. The predicted octanol–water partition coefficient (Wildman–Crippen LogP) is 2.85. The molecule has 28 heavy (non-hydrogen) atoms. The summed E-state index contributed by atoms with van der Waals surface area (Å²) in [5, 5.41) is 2.69. The number of anilines is 2. The van der Waals surface area contributed by atoms with E-state index in [4.69, 9.17) is 4.74 Å². The van der Waals surface area contributed by atoms with Crippen molar-refractivity contribution in [2.24, 2.45) is 0 Å². The van der Waals surface area contributed by atoms with Crippen molar-refractivity contribution >= 4 is 27.6 Å². The molecule has 1 amide bonds. The van der Waals surface area contributed by atoms with Crippen LogP contribution in [0.4, 0.5) is 11.6 Å². The van der Waals surface area contributed by atoms with Gasteiger partial charge in [0, 0.05) is 24.1 Å². The van der Waals surface area contributed by atoms with Crippen LogP contribution in [0.15, 0.2) is 65.8 Å². The van der Waals surface area contributed by atoms with Crippen molar-refractivity contribution in [2.45, 2.75) is 11.8 Å². The summed E-state index contributed by atoms with van der Waals surface area (Å²) in [6, 6.07) is 13.3. The molecule has 8 nitrogen and oxygen atoms in total. The molecule has 0 atom stereocenters. The highest BCUT2D eigenvalue weighted by molar-refractivity contribution is 7.92. The van der Waals surface area contributed by atoms with Gasteiger partial charge in [0.1, 0.15) is 5.75 Å². The summed E-state index contributed by atoms with van der Waals surface area (Å²) < 4.78 is 32.1. The van der Waals surface area contributed by atoms with Gasteiger partial charge >= 0.3 is 0 Å². The summed E-state index contributed by atoms with van der Waals surface area (Å²) in [6.45, 7) is 1.86. The molecule has 144 valence electrons. The Morgan fingerprint density at radius 1 is 1.04 bits per heavy atom. The molecule has 1 heterocycles. The zero-order valence-corrected chi connectivity index (χ0v) is 16.0. The smallest absolute Gasteiger partial charge is 0.264 e. The van der Waals surface area contributed by atoms with Crippen LogP contribution < -0.4 is 14.8 Å². The van der Waals surface area contributed by atoms with Gasteiger partial charge < -0.3 is 10.1 Å². The lowest BCUT2D eigenvalue weighted by atomic mass is 10.2. The Bertz CT molecular complexity index is 1080. The maximum absolute atomic E-state index is 12.4. The fourth-order valence-electron chi connectivity index (χ4n) is 2.30. The highest BCUT2D eigenvalue weighted by Crippen LogP contribution is 2.18. The van der Waals surface area contributed by atoms with Crippen LogP contribution in [0.2, 0.25) is 0 Å². The molecule has 0 saturated carbocycles. The largest absolute Gasteiger partial charge is 0.497 e. The molecule has 0 fully saturated rings. The van der Waals surface area contributed by atoms with Crippen molar-refractivity contribution in [3.8, 4) is 5.75 Å². The van der Waals surface area contributed by atoms with Gasteiger partial charge in [0.2, 0.25) is 5.95 Å². The second-order valence-corrected chi connectivity index (χ2v) is 7.58. The molecule has 0 aliphatic heterocycles. The molecule has 0 spiro atoms. The van der Waals surface area contributed by atoms with Crippen LogP contribution in [-0.4, -0.2) is 31.4 Å². The standard InChI is InChI=1S/C19H18N4O4S/c1-13-6-8-17(9-7-13)28(25,26)23-19-20-11-14(12-21-19)18(24)22-15-4-3-5-16(10-15)27-2/h3-12H,1-2H3,(H,22,24)(H,20,21,23). The van der Waals surface area contributed by atoms with E-state index in [1.165, 1.54) is 31.6 Å². The summed E-state index contributed by atoms with van der Waals surface area (Å²) in [6.07, 6.45) is 2.49. The Hall–Kier alpha value is -3.46. The highest BCUT2D eigenvalue weighted by Gasteiger charge is 2.16. The molecule has 0 aliphatic rings. The van der Waals surface area contributed by atoms with Gasteiger partial charge in [-0.1, -0.05) is 23.8 Å². The average Bonchev–Trinajstić information content (AvgIpc) is 2.68. The fourth-order valence-corrected chi connectivity index (χ4v) is 3.26. The summed E-state index contributed by atoms with van der Waals surface area (Å²) in [7, 11) is -2.28. The number of aryl methyl sites for hydroxylation is 1. The van der Waals surface area contributed by atoms with Gasteiger partial charge in [-0.15, -0.1) is 0 Å². The van der Waals surface area contributed by atoms with Crippen LogP contribution in [-0.2, 0) is 10.0 Å². The number of carbonyl (C=O) groups is 1. The minimum Gasteiger partial charge on any atom is -0.497 e. The number of methoxy groups -OCH3 is 1. The summed E-state index contributed by atoms with van der Waals surface area (Å²) >= 11 is 0. The van der Waals surface area contributed by atoms with Gasteiger partial charge in [0.15, 0.2) is 0 Å². The van der Waals surface area contributed by atoms with Gasteiger partial charge in [0.05, 0.1) is 17.6 Å². The molecule has 2 N–H and O–H groups in total. The summed E-state index contributed by atoms with van der Waals surface area (Å²) in [5.41, 5.74) is 1.68. The molecule has 3 rings (SSSR count). The highest BCUT2D eigenvalue weighted by atomic mass is 32.2. The molecule has 3 aromatic rings. The number of aromatic nitrogens is 2. The molecular formula is C19H18N4O4S. The number of carbonyl (C=O) groups excluding carboxylic acids is 1. The van der Waals surface area contributed by atoms with E-state index in [2.05, 4.69) is 20.0 Å². The van der Waals surface area contributed by atoms with Crippen molar-refractivity contribution < 1.29 is 17.9 Å². The molecule has 1 aromatic heterocycles. The Morgan fingerprint density at radius 2 is 1.71 bits per heavy atom. The SMILES string of the molecule is COc1cccc(NC(=O)c2cnc(NS(=O)(=O)c3ccc(C)cc3)nc2)c1. The number of sulfonamides is 1. The number of benzene rings is 2. The molecule has 2 aromatic carbocycles. The van der Waals surface area contributed by atoms with Crippen LogP contribution in [0.5, 0.6) is 5.75 Å². The van der Waals surface area contributed by atoms with Crippen LogP contribution in [0.1, 0.15) is 15.9 Å². The Labute approximate surface area is 162 Å². The van der Waals surface area contributed by atoms with Crippen molar-refractivity contribution in [1.29, 1.82) is 0 Å². The lowest BCUT2D eigenvalue weighted by molar-refractivity contribution is 0.102. The molecule has 0 bridgehead atoms. The maximum atomic E-state index is 12.4. The fraction of sp³-hybridized carbons (Fsp3) is 0.105. The quantitative estimate of drug-likeness (QED) is 0.661. The van der Waals surface area contributed by atoms with Gasteiger partial charge in [0.25, 0.3) is 15.9 Å². The number of nitrogens with one attached hydrogen (secondary N) is 2. The number of ether oxygens (including phenoxy) is 1. The molecule has 0 saturated heterocycles. The molecular weight excluding hydrogens is 380 g/mol. The van der Waals surface area contributed by atoms with Crippen LogP contribution in [0.3, 0.4) is 0 Å². The third-order valence-electron chi connectivity index (χ3n) is 3.80. The number of hydrogen-bond acceptors (Lipinski definition) is 6. The van der Waals surface area contributed by atoms with E-state index in [1.807, 2.05) is 6.92 Å². The zero-order chi connectivity index (χ0) is 20.1. The second-order valence-electron chi connectivity index (χ2n) is 5.90. The number of hydrogen-bond donors (Lipinski definition) is 2. The maximum Gasteiger partial charge on any atom is 0.264 e. The van der Waals surface area contributed by atoms with E-state index in [0.717, 1.165) is 5.56 Å². The van der Waals surface area contributed by atoms with Crippen molar-refractivity contribution in [2.75, 3.05) is 17.1 Å². The van der Waals surface area contributed by atoms with Crippen LogP contribution in [0, 0.1) is 6.92 Å². The van der Waals surface area contributed by atoms with Crippen molar-refractivity contribution in [3.63, 3.8) is 0 Å². The normalized spacial score (nSPS) is 10.9.